The van der Waals surface area contributed by atoms with E-state index in [1.54, 1.807) is 0 Å². The van der Waals surface area contributed by atoms with Gasteiger partial charge in [0.2, 0.25) is 0 Å². The maximum absolute atomic E-state index is 14.0. The summed E-state index contributed by atoms with van der Waals surface area (Å²) in [5.41, 5.74) is 0. The van der Waals surface area contributed by atoms with Crippen LogP contribution in [-0.2, 0) is 28.4 Å². The van der Waals surface area contributed by atoms with Crippen LogP contribution in [0.4, 0.5) is 140 Å². The molecular formula is C22H9F32NaO7S. The minimum atomic E-state index is -8.98. The third kappa shape index (κ3) is 9.98. The third-order valence-electron chi connectivity index (χ3n) is 7.07. The van der Waals surface area contributed by atoms with Crippen molar-refractivity contribution in [2.24, 2.45) is 0 Å². The van der Waals surface area contributed by atoms with Gasteiger partial charge in [-0.15, -0.1) is 0 Å². The van der Waals surface area contributed by atoms with Crippen LogP contribution in [-0.4, -0.2) is 126 Å². The quantitative estimate of drug-likeness (QED) is 0.0285. The molecule has 0 aliphatic rings. The van der Waals surface area contributed by atoms with Crippen molar-refractivity contribution >= 4 is 24.0 Å². The first-order chi connectivity index (χ1) is 26.8. The van der Waals surface area contributed by atoms with E-state index in [-0.39, 0.29) is 29.6 Å². The average molecular weight is 1050 g/mol. The summed E-state index contributed by atoms with van der Waals surface area (Å²) in [6.45, 7) is -8.12. The number of carbonyl (C=O) groups is 2. The van der Waals surface area contributed by atoms with E-state index in [0.717, 1.165) is 0 Å². The summed E-state index contributed by atoms with van der Waals surface area (Å²) < 4.78 is 438. The molecule has 7 nitrogen and oxygen atoms in total. The fourth-order valence-corrected chi connectivity index (χ4v) is 3.85. The Bertz CT molecular complexity index is 1570. The number of carbonyl (C=O) groups excluding carboxylic acids is 2. The Balaban J connectivity index is 0. The molecular weight excluding hydrogens is 1040 g/mol. The van der Waals surface area contributed by atoms with Gasteiger partial charge in [-0.1, -0.05) is 0 Å². The fraction of sp³-hybridized carbons (Fsp3) is 0.909. The first-order valence-electron chi connectivity index (χ1n) is 13.6. The smallest absolute Gasteiger partial charge is 0.691 e. The first kappa shape index (κ1) is 63.0. The Morgan fingerprint density at radius 2 is 0.683 bits per heavy atom. The van der Waals surface area contributed by atoms with Crippen LogP contribution in [0.3, 0.4) is 0 Å². The Kier molecular flexibility index (Phi) is 18.9. The van der Waals surface area contributed by atoms with Gasteiger partial charge in [0, 0.05) is 12.0 Å². The van der Waals surface area contributed by atoms with Gasteiger partial charge in [0.05, 0.1) is 6.42 Å². The monoisotopic (exact) mass is 1050 g/mol. The summed E-state index contributed by atoms with van der Waals surface area (Å²) >= 11 is -1.36. The molecule has 0 aromatic heterocycles. The van der Waals surface area contributed by atoms with Crippen molar-refractivity contribution in [2.45, 2.75) is 107 Å². The van der Waals surface area contributed by atoms with Crippen LogP contribution in [0.1, 0.15) is 6.42 Å². The summed E-state index contributed by atoms with van der Waals surface area (Å²) in [6.07, 6.45) is -15.1. The van der Waals surface area contributed by atoms with Crippen molar-refractivity contribution in [2.75, 3.05) is 13.2 Å². The molecule has 0 saturated carbocycles. The number of hydrogen-bond donors (Lipinski definition) is 0. The molecule has 0 bridgehead atoms. The van der Waals surface area contributed by atoms with E-state index in [9.17, 15) is 155 Å². The maximum atomic E-state index is 14.0. The fourth-order valence-electron chi connectivity index (χ4n) is 3.37. The molecule has 63 heavy (non-hydrogen) atoms. The van der Waals surface area contributed by atoms with E-state index in [0.29, 0.717) is 0 Å². The summed E-state index contributed by atoms with van der Waals surface area (Å²) in [4.78, 5) is 23.6. The van der Waals surface area contributed by atoms with Crippen molar-refractivity contribution in [3.63, 3.8) is 0 Å². The van der Waals surface area contributed by atoms with Gasteiger partial charge < -0.3 is 14.7 Å². The minimum Gasteiger partial charge on any atom is -0.691 e. The second kappa shape index (κ2) is 18.9. The zero-order chi connectivity index (χ0) is 50.5. The topological polar surface area (TPSA) is 94.1 Å². The molecule has 0 radical (unpaired) electrons. The van der Waals surface area contributed by atoms with E-state index in [4.69, 9.17) is 0 Å². The predicted octanol–water partition coefficient (Wildman–Crippen LogP) is 6.13. The molecule has 0 heterocycles. The normalized spacial score (nSPS) is 16.0. The van der Waals surface area contributed by atoms with Crippen molar-refractivity contribution < 1.29 is 204 Å². The molecule has 0 aromatic carbocycles. The van der Waals surface area contributed by atoms with Crippen LogP contribution in [0.15, 0.2) is 0 Å². The molecule has 0 spiro atoms. The average Bonchev–Trinajstić information content (AvgIpc) is 3.10. The van der Waals surface area contributed by atoms with E-state index < -0.39 is 145 Å². The van der Waals surface area contributed by atoms with Gasteiger partial charge in [-0.2, -0.15) is 127 Å². The van der Waals surface area contributed by atoms with Crippen LogP contribution >= 0.6 is 12.0 Å². The zero-order valence-corrected chi connectivity index (χ0v) is 31.0. The van der Waals surface area contributed by atoms with Gasteiger partial charge in [0.25, 0.3) is 0 Å². The molecule has 41 heteroatoms. The third-order valence-corrected chi connectivity index (χ3v) is 7.79. The molecule has 0 rings (SSSR count). The van der Waals surface area contributed by atoms with Crippen molar-refractivity contribution in [3.05, 3.63) is 0 Å². The Labute approximate surface area is 348 Å². The van der Waals surface area contributed by atoms with Gasteiger partial charge in [-0.25, -0.2) is 17.6 Å². The minimum absolute atomic E-state index is 0. The standard InChI is InChI=1S/C22H10F32O7S.Na/c23-7(24)11(31,32)15(39,40)19(47,48)21(51,52)17(43,44)13(35,36)9(27,28)2-58-5(55)1-4(62-61-60-57)6(56)59-3-10(29,30)14(37,38)18(45,46)22(53,54)20(49,50)16(41,42)12(33,34)8(25)26;/h4,7-8,57H,1-3H2;/q;+1/p-1. The van der Waals surface area contributed by atoms with Gasteiger partial charge in [-0.05, 0) is 0 Å². The predicted molar refractivity (Wildman–Crippen MR) is 121 cm³/mol. The van der Waals surface area contributed by atoms with Crippen LogP contribution in [0.25, 0.3) is 0 Å². The summed E-state index contributed by atoms with van der Waals surface area (Å²) in [6, 6.07) is 0. The second-order valence-electron chi connectivity index (χ2n) is 11.2. The van der Waals surface area contributed by atoms with Crippen molar-refractivity contribution in [1.29, 1.82) is 0 Å². The molecule has 370 valence electrons. The van der Waals surface area contributed by atoms with Gasteiger partial charge in [0.1, 0.15) is 5.25 Å². The molecule has 0 aliphatic heterocycles. The molecule has 0 fully saturated rings. The second-order valence-corrected chi connectivity index (χ2v) is 12.1. The molecule has 0 amide bonds. The zero-order valence-electron chi connectivity index (χ0n) is 28.2. The van der Waals surface area contributed by atoms with Crippen LogP contribution in [0.2, 0.25) is 0 Å². The molecule has 0 aliphatic carbocycles. The largest absolute Gasteiger partial charge is 1.00 e. The van der Waals surface area contributed by atoms with Gasteiger partial charge >= 0.3 is 137 Å². The molecule has 0 saturated heterocycles. The Hall–Kier alpha value is -2.07. The summed E-state index contributed by atoms with van der Waals surface area (Å²) in [7, 11) is 0. The molecule has 0 N–H and O–H groups in total. The van der Waals surface area contributed by atoms with Crippen molar-refractivity contribution in [3.8, 4) is 0 Å². The van der Waals surface area contributed by atoms with E-state index in [1.807, 2.05) is 0 Å². The Morgan fingerprint density at radius 1 is 0.429 bits per heavy atom. The van der Waals surface area contributed by atoms with E-state index >= 15 is 0 Å². The van der Waals surface area contributed by atoms with E-state index in [1.165, 1.54) is 0 Å². The van der Waals surface area contributed by atoms with Gasteiger partial charge in [-0.3, -0.25) is 14.6 Å². The number of rotatable bonds is 24. The Morgan fingerprint density at radius 3 is 0.952 bits per heavy atom. The molecule has 0 aromatic rings. The number of ether oxygens (including phenoxy) is 2. The number of halogens is 32. The van der Waals surface area contributed by atoms with E-state index in [2.05, 4.69) is 18.8 Å². The number of esters is 2. The summed E-state index contributed by atoms with van der Waals surface area (Å²) in [5.74, 6) is -124. The number of alkyl halides is 32. The number of hydrogen-bond acceptors (Lipinski definition) is 8. The van der Waals surface area contributed by atoms with Crippen LogP contribution in [0, 0.1) is 0 Å². The van der Waals surface area contributed by atoms with Gasteiger partial charge in [0.15, 0.2) is 13.2 Å². The summed E-state index contributed by atoms with van der Waals surface area (Å²) in [5, 5.41) is 8.85. The SMILES string of the molecule is O=C(CC(SOO[O-])C(=O)OCC(F)(F)C(F)(F)C(F)(F)C(F)(F)C(F)(F)C(F)(F)C(F)(F)C(F)F)OCC(F)(F)C(F)(F)C(F)(F)C(F)(F)C(F)(F)C(F)(F)C(F)(F)C(F)F.[Na+]. The maximum Gasteiger partial charge on any atom is 1.00 e. The first-order valence-corrected chi connectivity index (χ1v) is 14.4. The molecule has 1 atom stereocenters. The van der Waals surface area contributed by atoms with Crippen LogP contribution < -0.4 is 34.8 Å². The van der Waals surface area contributed by atoms with Crippen molar-refractivity contribution in [1.82, 2.24) is 0 Å². The van der Waals surface area contributed by atoms with Crippen LogP contribution in [0.5, 0.6) is 0 Å². The molecule has 1 unspecified atom stereocenters.